The molecule has 0 bridgehead atoms. The molecule has 0 heterocycles. The first kappa shape index (κ1) is 14.9. The molecule has 0 amide bonds. The second-order valence-corrected chi connectivity index (χ2v) is 5.74. The van der Waals surface area contributed by atoms with Crippen LogP contribution < -0.4 is 9.47 Å². The molecule has 0 saturated carbocycles. The number of methoxy groups -OCH3 is 2. The van der Waals surface area contributed by atoms with Crippen LogP contribution in [-0.4, -0.2) is 14.2 Å². The Morgan fingerprint density at radius 2 is 1.40 bits per heavy atom. The van der Waals surface area contributed by atoms with Gasteiger partial charge in [-0.3, -0.25) is 0 Å². The van der Waals surface area contributed by atoms with E-state index in [1.807, 2.05) is 13.0 Å². The third kappa shape index (κ3) is 2.98. The van der Waals surface area contributed by atoms with Gasteiger partial charge in [-0.05, 0) is 48.2 Å². The lowest BCUT2D eigenvalue weighted by Gasteiger charge is -2.15. The molecule has 20 heavy (non-hydrogen) atoms. The second kappa shape index (κ2) is 6.31. The molecule has 1 unspecified atom stereocenters. The van der Waals surface area contributed by atoms with Crippen molar-refractivity contribution in [3.8, 4) is 11.5 Å². The molecule has 2 aromatic rings. The van der Waals surface area contributed by atoms with Gasteiger partial charge in [0.1, 0.15) is 11.5 Å². The Labute approximate surface area is 128 Å². The van der Waals surface area contributed by atoms with Crippen LogP contribution in [0.2, 0.25) is 0 Å². The topological polar surface area (TPSA) is 18.5 Å². The highest BCUT2D eigenvalue weighted by Gasteiger charge is 2.13. The number of alkyl halides is 1. The fraction of sp³-hybridized carbons (Fsp3) is 0.294. The van der Waals surface area contributed by atoms with E-state index >= 15 is 0 Å². The Balaban J connectivity index is 2.35. The number of hydrogen-bond donors (Lipinski definition) is 0. The number of benzene rings is 2. The monoisotopic (exact) mass is 334 g/mol. The number of halogens is 1. The first-order chi connectivity index (χ1) is 9.56. The molecule has 0 aliphatic rings. The first-order valence-corrected chi connectivity index (χ1v) is 7.41. The summed E-state index contributed by atoms with van der Waals surface area (Å²) in [7, 11) is 3.39. The van der Waals surface area contributed by atoms with Crippen LogP contribution in [0.3, 0.4) is 0 Å². The van der Waals surface area contributed by atoms with Gasteiger partial charge in [-0.2, -0.15) is 0 Å². The predicted octanol–water partition coefficient (Wildman–Crippen LogP) is 4.80. The molecule has 2 nitrogen and oxygen atoms in total. The van der Waals surface area contributed by atoms with Crippen molar-refractivity contribution >= 4 is 15.9 Å². The van der Waals surface area contributed by atoms with Gasteiger partial charge in [0.05, 0.1) is 19.0 Å². The molecule has 2 aromatic carbocycles. The van der Waals surface area contributed by atoms with Crippen LogP contribution in [0.1, 0.15) is 27.1 Å². The van der Waals surface area contributed by atoms with Crippen LogP contribution in [0, 0.1) is 13.8 Å². The van der Waals surface area contributed by atoms with E-state index in [4.69, 9.17) is 9.47 Å². The molecule has 1 atom stereocenters. The Morgan fingerprint density at radius 3 is 2.00 bits per heavy atom. The first-order valence-electron chi connectivity index (χ1n) is 6.50. The average Bonchev–Trinajstić information content (AvgIpc) is 2.47. The van der Waals surface area contributed by atoms with Gasteiger partial charge < -0.3 is 9.47 Å². The Morgan fingerprint density at radius 1 is 0.800 bits per heavy atom. The summed E-state index contributed by atoms with van der Waals surface area (Å²) in [6.45, 7) is 4.10. The Kier molecular flexibility index (Phi) is 4.71. The molecule has 0 aliphatic carbocycles. The summed E-state index contributed by atoms with van der Waals surface area (Å²) in [6, 6.07) is 12.5. The largest absolute Gasteiger partial charge is 0.496 e. The van der Waals surface area contributed by atoms with Crippen molar-refractivity contribution in [2.45, 2.75) is 18.7 Å². The highest BCUT2D eigenvalue weighted by Crippen LogP contribution is 2.35. The van der Waals surface area contributed by atoms with E-state index in [1.54, 1.807) is 14.2 Å². The van der Waals surface area contributed by atoms with Crippen LogP contribution in [0.15, 0.2) is 36.4 Å². The summed E-state index contributed by atoms with van der Waals surface area (Å²) >= 11 is 3.77. The lowest BCUT2D eigenvalue weighted by atomic mass is 10.0. The summed E-state index contributed by atoms with van der Waals surface area (Å²) < 4.78 is 10.7. The summed E-state index contributed by atoms with van der Waals surface area (Å²) in [5.74, 6) is 1.83. The third-order valence-corrected chi connectivity index (χ3v) is 4.49. The van der Waals surface area contributed by atoms with E-state index < -0.39 is 0 Å². The minimum Gasteiger partial charge on any atom is -0.496 e. The van der Waals surface area contributed by atoms with E-state index in [0.29, 0.717) is 0 Å². The molecule has 0 N–H and O–H groups in total. The molecule has 0 aliphatic heterocycles. The predicted molar refractivity (Wildman–Crippen MR) is 86.2 cm³/mol. The third-order valence-electron chi connectivity index (χ3n) is 3.44. The van der Waals surface area contributed by atoms with Crippen molar-refractivity contribution in [3.63, 3.8) is 0 Å². The number of hydrogen-bond acceptors (Lipinski definition) is 2. The van der Waals surface area contributed by atoms with Crippen LogP contribution in [0.25, 0.3) is 0 Å². The zero-order chi connectivity index (χ0) is 14.7. The maximum Gasteiger partial charge on any atom is 0.122 e. The number of ether oxygens (including phenoxy) is 2. The van der Waals surface area contributed by atoms with Gasteiger partial charge in [-0.25, -0.2) is 0 Å². The van der Waals surface area contributed by atoms with Gasteiger partial charge in [-0.1, -0.05) is 40.2 Å². The van der Waals surface area contributed by atoms with E-state index in [0.717, 1.165) is 22.6 Å². The van der Waals surface area contributed by atoms with Crippen LogP contribution >= 0.6 is 15.9 Å². The molecule has 3 heteroatoms. The van der Waals surface area contributed by atoms with E-state index in [-0.39, 0.29) is 4.83 Å². The van der Waals surface area contributed by atoms with Gasteiger partial charge in [0.25, 0.3) is 0 Å². The molecule has 0 aromatic heterocycles. The molecule has 0 radical (unpaired) electrons. The number of aryl methyl sites for hydroxylation is 2. The molecule has 106 valence electrons. The average molecular weight is 335 g/mol. The molecule has 0 saturated heterocycles. The molecular formula is C17H19BrO2. The molecule has 0 spiro atoms. The summed E-state index contributed by atoms with van der Waals surface area (Å²) in [5.41, 5.74) is 4.65. The van der Waals surface area contributed by atoms with Crippen LogP contribution in [0.4, 0.5) is 0 Å². The standard InChI is InChI=1S/C17H19BrO2/c1-11-5-6-14(10-16(11)20-4)17(18)13-7-8-15(19-3)12(2)9-13/h5-10,17H,1-4H3. The minimum atomic E-state index is 0.140. The van der Waals surface area contributed by atoms with Crippen LogP contribution in [0.5, 0.6) is 11.5 Å². The molecule has 2 rings (SSSR count). The van der Waals surface area contributed by atoms with E-state index in [1.165, 1.54) is 11.1 Å². The summed E-state index contributed by atoms with van der Waals surface area (Å²) in [4.78, 5) is 0.140. The normalized spacial score (nSPS) is 12.1. The maximum absolute atomic E-state index is 5.39. The second-order valence-electron chi connectivity index (χ2n) is 4.82. The van der Waals surface area contributed by atoms with Crippen molar-refractivity contribution < 1.29 is 9.47 Å². The van der Waals surface area contributed by atoms with Gasteiger partial charge in [0, 0.05) is 0 Å². The minimum absolute atomic E-state index is 0.140. The Bertz CT molecular complexity index is 608. The molecular weight excluding hydrogens is 316 g/mol. The quantitative estimate of drug-likeness (QED) is 0.747. The zero-order valence-corrected chi connectivity index (χ0v) is 13.8. The fourth-order valence-electron chi connectivity index (χ4n) is 2.25. The fourth-order valence-corrected chi connectivity index (χ4v) is 2.82. The van der Waals surface area contributed by atoms with Crippen molar-refractivity contribution in [3.05, 3.63) is 58.7 Å². The Hall–Kier alpha value is -1.48. The summed E-state index contributed by atoms with van der Waals surface area (Å²) in [5, 5.41) is 0. The lowest BCUT2D eigenvalue weighted by Crippen LogP contribution is -1.97. The van der Waals surface area contributed by atoms with Gasteiger partial charge in [-0.15, -0.1) is 0 Å². The highest BCUT2D eigenvalue weighted by molar-refractivity contribution is 9.09. The van der Waals surface area contributed by atoms with Crippen molar-refractivity contribution in [1.29, 1.82) is 0 Å². The van der Waals surface area contributed by atoms with Crippen LogP contribution in [-0.2, 0) is 0 Å². The van der Waals surface area contributed by atoms with E-state index in [9.17, 15) is 0 Å². The van der Waals surface area contributed by atoms with Crippen molar-refractivity contribution in [1.82, 2.24) is 0 Å². The van der Waals surface area contributed by atoms with E-state index in [2.05, 4.69) is 53.2 Å². The highest BCUT2D eigenvalue weighted by atomic mass is 79.9. The molecule has 0 fully saturated rings. The van der Waals surface area contributed by atoms with Gasteiger partial charge in [0.15, 0.2) is 0 Å². The maximum atomic E-state index is 5.39. The lowest BCUT2D eigenvalue weighted by molar-refractivity contribution is 0.411. The SMILES string of the molecule is COc1ccc(C(Br)c2ccc(C)c(OC)c2)cc1C. The number of rotatable bonds is 4. The summed E-state index contributed by atoms with van der Waals surface area (Å²) in [6.07, 6.45) is 0. The van der Waals surface area contributed by atoms with Gasteiger partial charge >= 0.3 is 0 Å². The van der Waals surface area contributed by atoms with Gasteiger partial charge in [0.2, 0.25) is 0 Å². The zero-order valence-electron chi connectivity index (χ0n) is 12.2. The van der Waals surface area contributed by atoms with Crippen molar-refractivity contribution in [2.24, 2.45) is 0 Å². The smallest absolute Gasteiger partial charge is 0.122 e. The van der Waals surface area contributed by atoms with Crippen molar-refractivity contribution in [2.75, 3.05) is 14.2 Å².